The van der Waals surface area contributed by atoms with Gasteiger partial charge < -0.3 is 15.3 Å². The van der Waals surface area contributed by atoms with E-state index < -0.39 is 0 Å². The van der Waals surface area contributed by atoms with E-state index in [0.717, 1.165) is 31.2 Å². The van der Waals surface area contributed by atoms with Crippen molar-refractivity contribution in [1.82, 2.24) is 10.2 Å². The van der Waals surface area contributed by atoms with Crippen LogP contribution in [0.3, 0.4) is 0 Å². The maximum Gasteiger partial charge on any atom is 0.317 e. The Bertz CT molecular complexity index is 480. The van der Waals surface area contributed by atoms with Crippen LogP contribution in [0.15, 0.2) is 24.3 Å². The largest absolute Gasteiger partial charge is 0.395 e. The van der Waals surface area contributed by atoms with Crippen molar-refractivity contribution in [1.29, 1.82) is 0 Å². The van der Waals surface area contributed by atoms with Crippen LogP contribution in [-0.2, 0) is 5.41 Å². The Balaban J connectivity index is 1.98. The van der Waals surface area contributed by atoms with Gasteiger partial charge in [0.25, 0.3) is 0 Å². The summed E-state index contributed by atoms with van der Waals surface area (Å²) in [4.78, 5) is 13.9. The highest BCUT2D eigenvalue weighted by Crippen LogP contribution is 2.43. The minimum absolute atomic E-state index is 0.0312. The molecule has 122 valence electrons. The van der Waals surface area contributed by atoms with Crippen molar-refractivity contribution in [2.45, 2.75) is 38.0 Å². The van der Waals surface area contributed by atoms with Crippen molar-refractivity contribution in [3.05, 3.63) is 35.6 Å². The first-order chi connectivity index (χ1) is 10.6. The molecule has 5 heteroatoms. The Labute approximate surface area is 131 Å². The lowest BCUT2D eigenvalue weighted by atomic mass is 9.64. The van der Waals surface area contributed by atoms with Gasteiger partial charge in [0, 0.05) is 25.0 Å². The summed E-state index contributed by atoms with van der Waals surface area (Å²) in [5.41, 5.74) is 1.02. The molecule has 1 aromatic carbocycles. The molecule has 0 radical (unpaired) electrons. The number of halogens is 1. The third-order valence-corrected chi connectivity index (χ3v) is 4.50. The fourth-order valence-electron chi connectivity index (χ4n) is 3.04. The Morgan fingerprint density at radius 3 is 2.50 bits per heavy atom. The molecule has 0 atom stereocenters. The first-order valence-corrected chi connectivity index (χ1v) is 8.01. The highest BCUT2D eigenvalue weighted by molar-refractivity contribution is 5.74. The smallest absolute Gasteiger partial charge is 0.317 e. The molecule has 1 aliphatic carbocycles. The average molecular weight is 308 g/mol. The lowest BCUT2D eigenvalue weighted by Crippen LogP contribution is -2.50. The zero-order chi connectivity index (χ0) is 16.0. The van der Waals surface area contributed by atoms with Crippen molar-refractivity contribution >= 4 is 6.03 Å². The minimum atomic E-state index is -0.237. The van der Waals surface area contributed by atoms with Gasteiger partial charge in [-0.1, -0.05) is 25.5 Å². The molecule has 4 nitrogen and oxygen atoms in total. The minimum Gasteiger partial charge on any atom is -0.395 e. The summed E-state index contributed by atoms with van der Waals surface area (Å²) in [6, 6.07) is 6.46. The van der Waals surface area contributed by atoms with E-state index >= 15 is 0 Å². The monoisotopic (exact) mass is 308 g/mol. The maximum absolute atomic E-state index is 13.1. The molecule has 22 heavy (non-hydrogen) atoms. The highest BCUT2D eigenvalue weighted by atomic mass is 19.1. The molecule has 1 aliphatic rings. The predicted octanol–water partition coefficient (Wildman–Crippen LogP) is 2.66. The molecule has 0 unspecified atom stereocenters. The zero-order valence-corrected chi connectivity index (χ0v) is 13.1. The van der Waals surface area contributed by atoms with Gasteiger partial charge in [-0.3, -0.25) is 0 Å². The van der Waals surface area contributed by atoms with Gasteiger partial charge in [-0.15, -0.1) is 0 Å². The highest BCUT2D eigenvalue weighted by Gasteiger charge is 2.39. The molecular weight excluding hydrogens is 283 g/mol. The molecule has 0 bridgehead atoms. The summed E-state index contributed by atoms with van der Waals surface area (Å²) in [5.74, 6) is -0.237. The van der Waals surface area contributed by atoms with Gasteiger partial charge in [-0.25, -0.2) is 9.18 Å². The normalized spacial score (nSPS) is 16.0. The van der Waals surface area contributed by atoms with E-state index in [1.165, 1.54) is 12.1 Å². The number of carbonyl (C=O) groups excluding carboxylic acids is 1. The molecule has 0 aliphatic heterocycles. The number of benzene rings is 1. The molecular formula is C17H25FN2O2. The molecule has 2 amide bonds. The number of hydrogen-bond acceptors (Lipinski definition) is 2. The quantitative estimate of drug-likeness (QED) is 0.813. The second-order valence-corrected chi connectivity index (χ2v) is 6.01. The van der Waals surface area contributed by atoms with Crippen molar-refractivity contribution in [3.8, 4) is 0 Å². The summed E-state index contributed by atoms with van der Waals surface area (Å²) in [5, 5.41) is 12.0. The standard InChI is InChI=1S/C17H25FN2O2/c1-2-10-20(11-12-21)16(22)19-13-17(8-3-9-17)14-4-6-15(18)7-5-14/h4-7,21H,2-3,8-13H2,1H3,(H,19,22). The van der Waals surface area contributed by atoms with Gasteiger partial charge in [0.15, 0.2) is 0 Å². The van der Waals surface area contributed by atoms with Crippen LogP contribution in [0, 0.1) is 5.82 Å². The van der Waals surface area contributed by atoms with Crippen LogP contribution in [0.1, 0.15) is 38.2 Å². The van der Waals surface area contributed by atoms with Gasteiger partial charge >= 0.3 is 6.03 Å². The van der Waals surface area contributed by atoms with E-state index in [9.17, 15) is 9.18 Å². The SMILES string of the molecule is CCCN(CCO)C(=O)NCC1(c2ccc(F)cc2)CCC1. The van der Waals surface area contributed by atoms with Crippen LogP contribution in [0.2, 0.25) is 0 Å². The van der Waals surface area contributed by atoms with Crippen LogP contribution in [-0.4, -0.2) is 42.3 Å². The number of hydrogen-bond donors (Lipinski definition) is 2. The lowest BCUT2D eigenvalue weighted by Gasteiger charge is -2.43. The number of nitrogens with zero attached hydrogens (tertiary/aromatic N) is 1. The van der Waals surface area contributed by atoms with Crippen LogP contribution in [0.25, 0.3) is 0 Å². The van der Waals surface area contributed by atoms with Crippen LogP contribution in [0.5, 0.6) is 0 Å². The van der Waals surface area contributed by atoms with Crippen molar-refractivity contribution in [2.75, 3.05) is 26.2 Å². The first-order valence-electron chi connectivity index (χ1n) is 8.01. The summed E-state index contributed by atoms with van der Waals surface area (Å²) in [6.45, 7) is 3.52. The van der Waals surface area contributed by atoms with E-state index in [0.29, 0.717) is 19.6 Å². The molecule has 0 heterocycles. The van der Waals surface area contributed by atoms with Gasteiger partial charge in [-0.05, 0) is 37.0 Å². The number of rotatable bonds is 7. The second kappa shape index (κ2) is 7.58. The Morgan fingerprint density at radius 2 is 2.00 bits per heavy atom. The maximum atomic E-state index is 13.1. The molecule has 2 rings (SSSR count). The molecule has 2 N–H and O–H groups in total. The number of urea groups is 1. The molecule has 1 aromatic rings. The van der Waals surface area contributed by atoms with E-state index in [-0.39, 0.29) is 23.9 Å². The van der Waals surface area contributed by atoms with Gasteiger partial charge in [-0.2, -0.15) is 0 Å². The summed E-state index contributed by atoms with van der Waals surface area (Å²) in [6.07, 6.45) is 4.00. The Kier molecular flexibility index (Phi) is 5.77. The van der Waals surface area contributed by atoms with Gasteiger partial charge in [0.2, 0.25) is 0 Å². The number of carbonyl (C=O) groups is 1. The van der Waals surface area contributed by atoms with Gasteiger partial charge in [0.1, 0.15) is 5.82 Å². The molecule has 0 aromatic heterocycles. The predicted molar refractivity (Wildman–Crippen MR) is 84.3 cm³/mol. The average Bonchev–Trinajstić information content (AvgIpc) is 2.47. The van der Waals surface area contributed by atoms with Crippen molar-refractivity contribution < 1.29 is 14.3 Å². The number of nitrogens with one attached hydrogen (secondary N) is 1. The fourth-order valence-corrected chi connectivity index (χ4v) is 3.04. The summed E-state index contributed by atoms with van der Waals surface area (Å²) < 4.78 is 13.1. The summed E-state index contributed by atoms with van der Waals surface area (Å²) in [7, 11) is 0. The van der Waals surface area contributed by atoms with E-state index in [4.69, 9.17) is 5.11 Å². The number of aliphatic hydroxyl groups excluding tert-OH is 1. The third-order valence-electron chi connectivity index (χ3n) is 4.50. The number of amides is 2. The topological polar surface area (TPSA) is 52.6 Å². The van der Waals surface area contributed by atoms with Crippen LogP contribution in [0.4, 0.5) is 9.18 Å². The summed E-state index contributed by atoms with van der Waals surface area (Å²) >= 11 is 0. The van der Waals surface area contributed by atoms with Gasteiger partial charge in [0.05, 0.1) is 6.61 Å². The Hall–Kier alpha value is -1.62. The number of aliphatic hydroxyl groups is 1. The van der Waals surface area contributed by atoms with E-state index in [1.54, 1.807) is 4.90 Å². The molecule has 0 saturated heterocycles. The fraction of sp³-hybridized carbons (Fsp3) is 0.588. The lowest BCUT2D eigenvalue weighted by molar-refractivity contribution is 0.167. The molecule has 0 spiro atoms. The zero-order valence-electron chi connectivity index (χ0n) is 13.1. The van der Waals surface area contributed by atoms with Crippen molar-refractivity contribution in [2.24, 2.45) is 0 Å². The van der Waals surface area contributed by atoms with E-state index in [2.05, 4.69) is 5.32 Å². The molecule has 1 saturated carbocycles. The molecule has 1 fully saturated rings. The first kappa shape index (κ1) is 16.7. The third kappa shape index (κ3) is 3.77. The van der Waals surface area contributed by atoms with Crippen LogP contribution >= 0.6 is 0 Å². The van der Waals surface area contributed by atoms with E-state index in [1.807, 2.05) is 19.1 Å². The van der Waals surface area contributed by atoms with Crippen LogP contribution < -0.4 is 5.32 Å². The van der Waals surface area contributed by atoms with Crippen molar-refractivity contribution in [3.63, 3.8) is 0 Å². The second-order valence-electron chi connectivity index (χ2n) is 6.01. The Morgan fingerprint density at radius 1 is 1.32 bits per heavy atom.